The van der Waals surface area contributed by atoms with E-state index in [9.17, 15) is 14.9 Å². The monoisotopic (exact) mass is 450 g/mol. The van der Waals surface area contributed by atoms with Crippen LogP contribution in [0.25, 0.3) is 0 Å². The van der Waals surface area contributed by atoms with Gasteiger partial charge in [0.05, 0.1) is 43.3 Å². The lowest BCUT2D eigenvalue weighted by molar-refractivity contribution is -0.384. The number of hydrazone groups is 1. The Morgan fingerprint density at radius 2 is 2.00 bits per heavy atom. The molecule has 0 saturated heterocycles. The summed E-state index contributed by atoms with van der Waals surface area (Å²) in [5.41, 5.74) is 1.84. The summed E-state index contributed by atoms with van der Waals surface area (Å²) < 4.78 is 16.0. The second kappa shape index (κ2) is 9.43. The van der Waals surface area contributed by atoms with Crippen LogP contribution in [0.5, 0.6) is 11.5 Å². The van der Waals surface area contributed by atoms with E-state index in [-0.39, 0.29) is 18.1 Å². The van der Waals surface area contributed by atoms with Gasteiger partial charge in [0.15, 0.2) is 0 Å². The number of nitrogens with zero attached hydrogens (tertiary/aromatic N) is 3. The van der Waals surface area contributed by atoms with Crippen LogP contribution in [0.3, 0.4) is 0 Å². The number of non-ortho nitro benzene ring substituents is 1. The standard InChI is InChI=1S/C23H22N4O6/c1-31-17-8-5-15(6-9-17)18-13-20(22-4-3-11-33-22)26(25-18)23(28)14-24-19-12-16(27(29)30)7-10-21(19)32-2/h3-12,20,24H,13-14H2,1-2H3. The topological polar surface area (TPSA) is 119 Å². The van der Waals surface area contributed by atoms with E-state index in [1.54, 1.807) is 25.5 Å². The van der Waals surface area contributed by atoms with Crippen LogP contribution in [0, 0.1) is 10.1 Å². The van der Waals surface area contributed by atoms with Gasteiger partial charge in [-0.15, -0.1) is 0 Å². The van der Waals surface area contributed by atoms with Gasteiger partial charge in [-0.05, 0) is 48.0 Å². The number of furan rings is 1. The van der Waals surface area contributed by atoms with E-state index in [1.807, 2.05) is 24.3 Å². The highest BCUT2D eigenvalue weighted by molar-refractivity contribution is 6.03. The highest BCUT2D eigenvalue weighted by Crippen LogP contribution is 2.34. The first-order valence-electron chi connectivity index (χ1n) is 10.1. The number of carbonyl (C=O) groups excluding carboxylic acids is 1. The third-order valence-corrected chi connectivity index (χ3v) is 5.28. The third-order valence-electron chi connectivity index (χ3n) is 5.28. The molecule has 10 nitrogen and oxygen atoms in total. The number of rotatable bonds is 8. The number of anilines is 1. The molecule has 33 heavy (non-hydrogen) atoms. The number of nitrogens with one attached hydrogen (secondary N) is 1. The lowest BCUT2D eigenvalue weighted by atomic mass is 10.0. The molecule has 1 unspecified atom stereocenters. The molecule has 170 valence electrons. The first-order chi connectivity index (χ1) is 16.0. The molecule has 0 radical (unpaired) electrons. The quantitative estimate of drug-likeness (QED) is 0.407. The maximum atomic E-state index is 13.1. The van der Waals surface area contributed by atoms with Crippen LogP contribution in [0.1, 0.15) is 23.8 Å². The van der Waals surface area contributed by atoms with Crippen LogP contribution in [-0.4, -0.2) is 42.3 Å². The minimum atomic E-state index is -0.509. The smallest absolute Gasteiger partial charge is 0.271 e. The molecule has 10 heteroatoms. The van der Waals surface area contributed by atoms with Gasteiger partial charge in [-0.25, -0.2) is 5.01 Å². The largest absolute Gasteiger partial charge is 0.497 e. The number of hydrogen-bond acceptors (Lipinski definition) is 8. The fourth-order valence-electron chi connectivity index (χ4n) is 3.60. The molecule has 0 aliphatic carbocycles. The zero-order valence-corrected chi connectivity index (χ0v) is 18.1. The molecule has 1 amide bonds. The Balaban J connectivity index is 1.56. The average Bonchev–Trinajstić information content (AvgIpc) is 3.52. The fraction of sp³-hybridized carbons (Fsp3) is 0.217. The van der Waals surface area contributed by atoms with E-state index in [0.29, 0.717) is 23.6 Å². The Morgan fingerprint density at radius 3 is 2.64 bits per heavy atom. The second-order valence-corrected chi connectivity index (χ2v) is 7.24. The number of amides is 1. The average molecular weight is 450 g/mol. The molecule has 3 aromatic rings. The van der Waals surface area contributed by atoms with Gasteiger partial charge in [-0.2, -0.15) is 5.10 Å². The summed E-state index contributed by atoms with van der Waals surface area (Å²) >= 11 is 0. The van der Waals surface area contributed by atoms with Gasteiger partial charge in [-0.1, -0.05) is 0 Å². The summed E-state index contributed by atoms with van der Waals surface area (Å²) in [4.78, 5) is 23.7. The summed E-state index contributed by atoms with van der Waals surface area (Å²) in [5, 5.41) is 20.0. The number of methoxy groups -OCH3 is 2. The molecule has 2 aromatic carbocycles. The van der Waals surface area contributed by atoms with Gasteiger partial charge in [-0.3, -0.25) is 14.9 Å². The van der Waals surface area contributed by atoms with Gasteiger partial charge in [0.1, 0.15) is 23.3 Å². The van der Waals surface area contributed by atoms with Crippen LogP contribution in [0.15, 0.2) is 70.4 Å². The van der Waals surface area contributed by atoms with E-state index >= 15 is 0 Å². The Kier molecular flexibility index (Phi) is 6.25. The van der Waals surface area contributed by atoms with E-state index < -0.39 is 11.0 Å². The lowest BCUT2D eigenvalue weighted by Crippen LogP contribution is -2.32. The van der Waals surface area contributed by atoms with Gasteiger partial charge in [0.2, 0.25) is 0 Å². The van der Waals surface area contributed by atoms with Crippen LogP contribution >= 0.6 is 0 Å². The van der Waals surface area contributed by atoms with Crippen molar-refractivity contribution in [3.05, 3.63) is 82.3 Å². The molecule has 2 heterocycles. The predicted octanol–water partition coefficient (Wildman–Crippen LogP) is 3.99. The van der Waals surface area contributed by atoms with Gasteiger partial charge in [0.25, 0.3) is 11.6 Å². The SMILES string of the molecule is COc1ccc(C2=NN(C(=O)CNc3cc([N+](=O)[O-])ccc3OC)C(c3ccco3)C2)cc1. The maximum Gasteiger partial charge on any atom is 0.271 e. The molecule has 1 N–H and O–H groups in total. The van der Waals surface area contributed by atoms with Gasteiger partial charge in [0, 0.05) is 18.6 Å². The number of nitro groups is 1. The number of nitro benzene ring substituents is 1. The summed E-state index contributed by atoms with van der Waals surface area (Å²) in [6.07, 6.45) is 2.03. The van der Waals surface area contributed by atoms with Crippen LogP contribution < -0.4 is 14.8 Å². The summed E-state index contributed by atoms with van der Waals surface area (Å²) in [7, 11) is 3.05. The molecule has 0 saturated carbocycles. The molecular formula is C23H22N4O6. The highest BCUT2D eigenvalue weighted by Gasteiger charge is 2.34. The highest BCUT2D eigenvalue weighted by atomic mass is 16.6. The molecule has 1 aliphatic heterocycles. The van der Waals surface area contributed by atoms with Crippen LogP contribution in [0.2, 0.25) is 0 Å². The maximum absolute atomic E-state index is 13.1. The number of carbonyl (C=O) groups is 1. The van der Waals surface area contributed by atoms with Crippen molar-refractivity contribution in [2.75, 3.05) is 26.1 Å². The van der Waals surface area contributed by atoms with Crippen molar-refractivity contribution in [3.63, 3.8) is 0 Å². The summed E-state index contributed by atoms with van der Waals surface area (Å²) in [6, 6.07) is 14.7. The van der Waals surface area contributed by atoms with Crippen molar-refractivity contribution in [1.82, 2.24) is 5.01 Å². The van der Waals surface area contributed by atoms with E-state index in [0.717, 1.165) is 17.0 Å². The van der Waals surface area contributed by atoms with Crippen molar-refractivity contribution >= 4 is 23.0 Å². The number of benzene rings is 2. The van der Waals surface area contributed by atoms with Crippen LogP contribution in [-0.2, 0) is 4.79 Å². The summed E-state index contributed by atoms with van der Waals surface area (Å²) in [6.45, 7) is -0.145. The van der Waals surface area contributed by atoms with Crippen molar-refractivity contribution in [1.29, 1.82) is 0 Å². The van der Waals surface area contributed by atoms with E-state index in [1.165, 1.54) is 30.3 Å². The molecule has 1 atom stereocenters. The second-order valence-electron chi connectivity index (χ2n) is 7.24. The molecule has 4 rings (SSSR count). The Morgan fingerprint density at radius 1 is 1.21 bits per heavy atom. The van der Waals surface area contributed by atoms with Crippen molar-refractivity contribution in [2.24, 2.45) is 5.10 Å². The van der Waals surface area contributed by atoms with E-state index in [2.05, 4.69) is 10.4 Å². The Labute approximate surface area is 189 Å². The third kappa shape index (κ3) is 4.64. The normalized spacial score (nSPS) is 15.2. The minimum Gasteiger partial charge on any atom is -0.497 e. The lowest BCUT2D eigenvalue weighted by Gasteiger charge is -2.20. The first kappa shape index (κ1) is 21.9. The van der Waals surface area contributed by atoms with Crippen molar-refractivity contribution < 1.29 is 23.6 Å². The Bertz CT molecular complexity index is 1170. The van der Waals surface area contributed by atoms with Crippen molar-refractivity contribution in [3.8, 4) is 11.5 Å². The van der Waals surface area contributed by atoms with Crippen molar-refractivity contribution in [2.45, 2.75) is 12.5 Å². The molecule has 1 aliphatic rings. The zero-order valence-electron chi connectivity index (χ0n) is 18.1. The zero-order chi connectivity index (χ0) is 23.4. The molecule has 1 aromatic heterocycles. The first-order valence-corrected chi connectivity index (χ1v) is 10.1. The molecule has 0 fully saturated rings. The van der Waals surface area contributed by atoms with Gasteiger partial charge >= 0.3 is 0 Å². The number of hydrogen-bond donors (Lipinski definition) is 1. The van der Waals surface area contributed by atoms with E-state index in [4.69, 9.17) is 13.9 Å². The van der Waals surface area contributed by atoms with Gasteiger partial charge < -0.3 is 19.2 Å². The fourth-order valence-corrected chi connectivity index (χ4v) is 3.60. The summed E-state index contributed by atoms with van der Waals surface area (Å²) in [5.74, 6) is 1.40. The molecular weight excluding hydrogens is 428 g/mol. The predicted molar refractivity (Wildman–Crippen MR) is 121 cm³/mol. The molecule has 0 spiro atoms. The molecule has 0 bridgehead atoms. The Hall–Kier alpha value is -4.34. The minimum absolute atomic E-state index is 0.111. The number of ether oxygens (including phenoxy) is 2. The van der Waals surface area contributed by atoms with Crippen LogP contribution in [0.4, 0.5) is 11.4 Å².